The van der Waals surface area contributed by atoms with Gasteiger partial charge in [0.2, 0.25) is 0 Å². The number of rotatable bonds is 5. The summed E-state index contributed by atoms with van der Waals surface area (Å²) in [5.74, 6) is 0.877. The van der Waals surface area contributed by atoms with Crippen LogP contribution >= 0.6 is 0 Å². The van der Waals surface area contributed by atoms with Crippen molar-refractivity contribution in [3.63, 3.8) is 0 Å². The summed E-state index contributed by atoms with van der Waals surface area (Å²) in [6, 6.07) is 3.74. The Morgan fingerprint density at radius 1 is 1.31 bits per heavy atom. The number of carbonyl (C=O) groups excluding carboxylic acids is 1. The molecule has 1 amide bonds. The summed E-state index contributed by atoms with van der Waals surface area (Å²) in [5.41, 5.74) is 2.44. The molecule has 1 fully saturated rings. The van der Waals surface area contributed by atoms with Crippen LogP contribution in [0.25, 0.3) is 5.82 Å². The molecule has 0 aromatic carbocycles. The normalized spacial score (nSPS) is 17.5. The van der Waals surface area contributed by atoms with Gasteiger partial charge >= 0.3 is 5.97 Å². The van der Waals surface area contributed by atoms with Crippen LogP contribution in [-0.2, 0) is 4.79 Å². The first-order chi connectivity index (χ1) is 12.4. The zero-order chi connectivity index (χ0) is 18.8. The summed E-state index contributed by atoms with van der Waals surface area (Å²) in [7, 11) is 0. The number of piperidine rings is 1. The molecule has 1 saturated heterocycles. The Bertz CT molecular complexity index is 821. The van der Waals surface area contributed by atoms with Gasteiger partial charge in [-0.2, -0.15) is 0 Å². The standard InChI is InChI=1S/C19H25N3O4/c1-12-9-16(14(3)22(12)17-10-13(2)26-20-17)19(25)21-8-4-5-15(11-21)6-7-18(23)24/h9-10,15H,4-8,11H2,1-3H3,(H,23,24)/t15-/m1/s1. The predicted octanol–water partition coefficient (Wildman–Crippen LogP) is 3.11. The van der Waals surface area contributed by atoms with Crippen LogP contribution in [0.2, 0.25) is 0 Å². The number of carboxylic acid groups (broad SMARTS) is 1. The average molecular weight is 359 g/mol. The van der Waals surface area contributed by atoms with Crippen LogP contribution in [0.15, 0.2) is 16.7 Å². The number of hydrogen-bond acceptors (Lipinski definition) is 4. The van der Waals surface area contributed by atoms with Crippen LogP contribution < -0.4 is 0 Å². The van der Waals surface area contributed by atoms with E-state index in [-0.39, 0.29) is 18.2 Å². The Morgan fingerprint density at radius 2 is 2.08 bits per heavy atom. The third-order valence-electron chi connectivity index (χ3n) is 5.08. The summed E-state index contributed by atoms with van der Waals surface area (Å²) in [4.78, 5) is 25.7. The number of nitrogens with zero attached hydrogens (tertiary/aromatic N) is 3. The van der Waals surface area contributed by atoms with E-state index < -0.39 is 5.97 Å². The molecule has 0 unspecified atom stereocenters. The highest BCUT2D eigenvalue weighted by molar-refractivity contribution is 5.96. The van der Waals surface area contributed by atoms with E-state index in [0.717, 1.165) is 36.5 Å². The first kappa shape index (κ1) is 18.2. The highest BCUT2D eigenvalue weighted by Crippen LogP contribution is 2.26. The molecule has 1 N–H and O–H groups in total. The lowest BCUT2D eigenvalue weighted by Crippen LogP contribution is -2.40. The molecule has 1 aliphatic rings. The van der Waals surface area contributed by atoms with Gasteiger partial charge in [0, 0.05) is 37.0 Å². The van der Waals surface area contributed by atoms with Crippen LogP contribution in [0.4, 0.5) is 0 Å². The first-order valence-corrected chi connectivity index (χ1v) is 9.00. The minimum atomic E-state index is -0.778. The number of carboxylic acids is 1. The molecule has 0 spiro atoms. The molecule has 140 valence electrons. The van der Waals surface area contributed by atoms with E-state index in [9.17, 15) is 9.59 Å². The van der Waals surface area contributed by atoms with Gasteiger partial charge in [-0.15, -0.1) is 0 Å². The molecule has 0 saturated carbocycles. The Balaban J connectivity index is 1.78. The van der Waals surface area contributed by atoms with Crippen molar-refractivity contribution < 1.29 is 19.2 Å². The second-order valence-corrected chi connectivity index (χ2v) is 7.11. The molecule has 7 heteroatoms. The highest BCUT2D eigenvalue weighted by atomic mass is 16.5. The number of amides is 1. The van der Waals surface area contributed by atoms with E-state index in [0.29, 0.717) is 24.3 Å². The molecular weight excluding hydrogens is 334 g/mol. The van der Waals surface area contributed by atoms with Gasteiger partial charge in [-0.05, 0) is 52.0 Å². The number of carbonyl (C=O) groups is 2. The molecular formula is C19H25N3O4. The van der Waals surface area contributed by atoms with Gasteiger partial charge < -0.3 is 14.5 Å². The lowest BCUT2D eigenvalue weighted by molar-refractivity contribution is -0.137. The van der Waals surface area contributed by atoms with Gasteiger partial charge in [0.05, 0.1) is 5.56 Å². The number of aromatic nitrogens is 2. The summed E-state index contributed by atoms with van der Waals surface area (Å²) in [6.07, 6.45) is 2.68. The van der Waals surface area contributed by atoms with Crippen molar-refractivity contribution in [1.29, 1.82) is 0 Å². The number of likely N-dealkylation sites (tertiary alicyclic amines) is 1. The Labute approximate surface area is 152 Å². The highest BCUT2D eigenvalue weighted by Gasteiger charge is 2.27. The summed E-state index contributed by atoms with van der Waals surface area (Å²) >= 11 is 0. The summed E-state index contributed by atoms with van der Waals surface area (Å²) < 4.78 is 7.09. The summed E-state index contributed by atoms with van der Waals surface area (Å²) in [6.45, 7) is 7.03. The maximum atomic E-state index is 13.1. The van der Waals surface area contributed by atoms with E-state index in [2.05, 4.69) is 5.16 Å². The molecule has 0 radical (unpaired) electrons. The fraction of sp³-hybridized carbons (Fsp3) is 0.526. The van der Waals surface area contributed by atoms with Crippen LogP contribution in [0.3, 0.4) is 0 Å². The Morgan fingerprint density at radius 3 is 2.73 bits per heavy atom. The lowest BCUT2D eigenvalue weighted by Gasteiger charge is -2.32. The van der Waals surface area contributed by atoms with Crippen LogP contribution in [-0.4, -0.2) is 44.7 Å². The van der Waals surface area contributed by atoms with E-state index in [4.69, 9.17) is 9.63 Å². The second-order valence-electron chi connectivity index (χ2n) is 7.11. The fourth-order valence-electron chi connectivity index (χ4n) is 3.77. The minimum absolute atomic E-state index is 0.00425. The fourth-order valence-corrected chi connectivity index (χ4v) is 3.77. The van der Waals surface area contributed by atoms with Crippen molar-refractivity contribution in [2.45, 2.75) is 46.5 Å². The average Bonchev–Trinajstić information content (AvgIpc) is 3.15. The topological polar surface area (TPSA) is 88.6 Å². The zero-order valence-corrected chi connectivity index (χ0v) is 15.5. The quantitative estimate of drug-likeness (QED) is 0.886. The van der Waals surface area contributed by atoms with Crippen molar-refractivity contribution >= 4 is 11.9 Å². The van der Waals surface area contributed by atoms with E-state index in [1.165, 1.54) is 0 Å². The molecule has 1 atom stereocenters. The van der Waals surface area contributed by atoms with Crippen molar-refractivity contribution in [2.75, 3.05) is 13.1 Å². The van der Waals surface area contributed by atoms with Crippen molar-refractivity contribution in [3.05, 3.63) is 34.8 Å². The first-order valence-electron chi connectivity index (χ1n) is 9.00. The largest absolute Gasteiger partial charge is 0.481 e. The third-order valence-corrected chi connectivity index (χ3v) is 5.08. The number of aliphatic carboxylic acids is 1. The van der Waals surface area contributed by atoms with E-state index in [1.54, 1.807) is 0 Å². The van der Waals surface area contributed by atoms with Crippen molar-refractivity contribution in [1.82, 2.24) is 14.6 Å². The Hall–Kier alpha value is -2.57. The molecule has 3 heterocycles. The van der Waals surface area contributed by atoms with Crippen molar-refractivity contribution in [2.24, 2.45) is 5.92 Å². The van der Waals surface area contributed by atoms with Gasteiger partial charge in [0.25, 0.3) is 5.91 Å². The molecule has 1 aliphatic heterocycles. The van der Waals surface area contributed by atoms with Gasteiger partial charge in [-0.25, -0.2) is 0 Å². The number of hydrogen-bond donors (Lipinski definition) is 1. The van der Waals surface area contributed by atoms with E-state index >= 15 is 0 Å². The number of aryl methyl sites for hydroxylation is 2. The van der Waals surface area contributed by atoms with Crippen LogP contribution in [0.1, 0.15) is 53.2 Å². The van der Waals surface area contributed by atoms with Gasteiger partial charge in [-0.3, -0.25) is 14.2 Å². The van der Waals surface area contributed by atoms with Crippen molar-refractivity contribution in [3.8, 4) is 5.82 Å². The smallest absolute Gasteiger partial charge is 0.303 e. The predicted molar refractivity (Wildman–Crippen MR) is 95.5 cm³/mol. The maximum absolute atomic E-state index is 13.1. The van der Waals surface area contributed by atoms with Gasteiger partial charge in [0.1, 0.15) is 5.76 Å². The third kappa shape index (κ3) is 3.66. The molecule has 26 heavy (non-hydrogen) atoms. The van der Waals surface area contributed by atoms with Crippen LogP contribution in [0, 0.1) is 26.7 Å². The molecule has 2 aromatic heterocycles. The molecule has 3 rings (SSSR count). The monoisotopic (exact) mass is 359 g/mol. The van der Waals surface area contributed by atoms with E-state index in [1.807, 2.05) is 42.4 Å². The van der Waals surface area contributed by atoms with Gasteiger partial charge in [0.15, 0.2) is 5.82 Å². The summed E-state index contributed by atoms with van der Waals surface area (Å²) in [5, 5.41) is 12.9. The molecule has 7 nitrogen and oxygen atoms in total. The lowest BCUT2D eigenvalue weighted by atomic mass is 9.93. The maximum Gasteiger partial charge on any atom is 0.303 e. The SMILES string of the molecule is Cc1cc(-n2c(C)cc(C(=O)N3CCC[C@H](CCC(=O)O)C3)c2C)no1. The second kappa shape index (κ2) is 7.35. The van der Waals surface area contributed by atoms with Gasteiger partial charge in [-0.1, -0.05) is 5.16 Å². The zero-order valence-electron chi connectivity index (χ0n) is 15.5. The molecule has 0 bridgehead atoms. The minimum Gasteiger partial charge on any atom is -0.481 e. The Kier molecular flexibility index (Phi) is 5.15. The van der Waals surface area contributed by atoms with Crippen LogP contribution in [0.5, 0.6) is 0 Å². The molecule has 0 aliphatic carbocycles. The molecule has 2 aromatic rings.